The van der Waals surface area contributed by atoms with Gasteiger partial charge >= 0.3 is 0 Å². The van der Waals surface area contributed by atoms with Gasteiger partial charge in [0.2, 0.25) is 0 Å². The minimum Gasteiger partial charge on any atom is -0.369 e. The monoisotopic (exact) mass is 204 g/mol. The number of aryl methyl sites for hydroxylation is 2. The van der Waals surface area contributed by atoms with Crippen molar-refractivity contribution in [3.63, 3.8) is 0 Å². The van der Waals surface area contributed by atoms with E-state index >= 15 is 0 Å². The molecule has 1 rings (SSSR count). The maximum absolute atomic E-state index is 8.99. The van der Waals surface area contributed by atoms with Gasteiger partial charge in [0.05, 0.1) is 5.56 Å². The number of hydrogen-bond acceptors (Lipinski definition) is 4. The Labute approximate surface area is 90.1 Å². The van der Waals surface area contributed by atoms with E-state index in [1.54, 1.807) is 0 Å². The zero-order valence-electron chi connectivity index (χ0n) is 9.17. The number of nitrogens with one attached hydrogen (secondary N) is 1. The number of rotatable bonds is 4. The third-order valence-electron chi connectivity index (χ3n) is 2.13. The lowest BCUT2D eigenvalue weighted by atomic mass is 10.1. The zero-order valence-corrected chi connectivity index (χ0v) is 9.17. The molecule has 0 saturated heterocycles. The SMILES string of the molecule is Cc1cc(C)c(C#N)c(NCCCN)n1. The molecule has 4 nitrogen and oxygen atoms in total. The first-order chi connectivity index (χ1) is 7.19. The van der Waals surface area contributed by atoms with Crippen molar-refractivity contribution < 1.29 is 0 Å². The van der Waals surface area contributed by atoms with Gasteiger partial charge < -0.3 is 11.1 Å². The summed E-state index contributed by atoms with van der Waals surface area (Å²) in [7, 11) is 0. The summed E-state index contributed by atoms with van der Waals surface area (Å²) in [4.78, 5) is 4.30. The molecule has 4 heteroatoms. The van der Waals surface area contributed by atoms with Crippen molar-refractivity contribution in [2.75, 3.05) is 18.4 Å². The first-order valence-electron chi connectivity index (χ1n) is 5.01. The molecule has 0 aliphatic heterocycles. The number of hydrogen-bond donors (Lipinski definition) is 2. The van der Waals surface area contributed by atoms with Gasteiger partial charge in [0.25, 0.3) is 0 Å². The van der Waals surface area contributed by atoms with Crippen molar-refractivity contribution in [2.45, 2.75) is 20.3 Å². The molecule has 1 aromatic rings. The summed E-state index contributed by atoms with van der Waals surface area (Å²) < 4.78 is 0. The van der Waals surface area contributed by atoms with Crippen LogP contribution in [0.25, 0.3) is 0 Å². The lowest BCUT2D eigenvalue weighted by Crippen LogP contribution is -2.11. The second-order valence-corrected chi connectivity index (χ2v) is 3.48. The normalized spacial score (nSPS) is 9.73. The fourth-order valence-electron chi connectivity index (χ4n) is 1.41. The van der Waals surface area contributed by atoms with Crippen molar-refractivity contribution in [1.82, 2.24) is 4.98 Å². The largest absolute Gasteiger partial charge is 0.369 e. The van der Waals surface area contributed by atoms with Crippen molar-refractivity contribution in [2.24, 2.45) is 5.73 Å². The van der Waals surface area contributed by atoms with Crippen LogP contribution in [0.5, 0.6) is 0 Å². The quantitative estimate of drug-likeness (QED) is 0.725. The Morgan fingerprint density at radius 2 is 2.27 bits per heavy atom. The minimum atomic E-state index is 0.623. The van der Waals surface area contributed by atoms with E-state index < -0.39 is 0 Å². The molecule has 80 valence electrons. The second kappa shape index (κ2) is 5.32. The molecule has 0 aliphatic carbocycles. The number of nitriles is 1. The van der Waals surface area contributed by atoms with E-state index in [-0.39, 0.29) is 0 Å². The summed E-state index contributed by atoms with van der Waals surface area (Å²) in [5.41, 5.74) is 7.90. The summed E-state index contributed by atoms with van der Waals surface area (Å²) >= 11 is 0. The average Bonchev–Trinajstić information content (AvgIpc) is 2.17. The molecule has 0 unspecified atom stereocenters. The predicted molar refractivity (Wildman–Crippen MR) is 60.6 cm³/mol. The van der Waals surface area contributed by atoms with Crippen LogP contribution in [-0.4, -0.2) is 18.1 Å². The molecule has 0 radical (unpaired) electrons. The molecular formula is C11H16N4. The fourth-order valence-corrected chi connectivity index (χ4v) is 1.41. The third kappa shape index (κ3) is 2.93. The topological polar surface area (TPSA) is 74.7 Å². The van der Waals surface area contributed by atoms with E-state index in [0.29, 0.717) is 17.9 Å². The van der Waals surface area contributed by atoms with Crippen molar-refractivity contribution in [1.29, 1.82) is 5.26 Å². The molecule has 15 heavy (non-hydrogen) atoms. The van der Waals surface area contributed by atoms with Crippen LogP contribution in [0.4, 0.5) is 5.82 Å². The molecule has 0 fully saturated rings. The van der Waals surface area contributed by atoms with E-state index in [1.807, 2.05) is 19.9 Å². The van der Waals surface area contributed by atoms with Gasteiger partial charge in [-0.05, 0) is 38.4 Å². The van der Waals surface area contributed by atoms with E-state index in [4.69, 9.17) is 11.0 Å². The van der Waals surface area contributed by atoms with Crippen LogP contribution in [0.1, 0.15) is 23.2 Å². The predicted octanol–water partition coefficient (Wildman–Crippen LogP) is 1.33. The first kappa shape index (κ1) is 11.5. The van der Waals surface area contributed by atoms with Crippen LogP contribution >= 0.6 is 0 Å². The van der Waals surface area contributed by atoms with Gasteiger partial charge in [-0.1, -0.05) is 0 Å². The first-order valence-corrected chi connectivity index (χ1v) is 5.01. The van der Waals surface area contributed by atoms with Gasteiger partial charge in [-0.25, -0.2) is 4.98 Å². The maximum atomic E-state index is 8.99. The third-order valence-corrected chi connectivity index (χ3v) is 2.13. The Hall–Kier alpha value is -1.60. The van der Waals surface area contributed by atoms with E-state index in [1.165, 1.54) is 0 Å². The van der Waals surface area contributed by atoms with Crippen molar-refractivity contribution in [3.8, 4) is 6.07 Å². The Morgan fingerprint density at radius 3 is 2.87 bits per heavy atom. The van der Waals surface area contributed by atoms with Crippen molar-refractivity contribution in [3.05, 3.63) is 22.9 Å². The van der Waals surface area contributed by atoms with E-state index in [2.05, 4.69) is 16.4 Å². The molecule has 0 aromatic carbocycles. The van der Waals surface area contributed by atoms with E-state index in [9.17, 15) is 0 Å². The van der Waals surface area contributed by atoms with Gasteiger partial charge in [0, 0.05) is 12.2 Å². The summed E-state index contributed by atoms with van der Waals surface area (Å²) in [5, 5.41) is 12.1. The number of pyridine rings is 1. The standard InChI is InChI=1S/C11H16N4/c1-8-6-9(2)15-11(10(8)7-13)14-5-3-4-12/h6H,3-5,12H2,1-2H3,(H,14,15). The Morgan fingerprint density at radius 1 is 1.53 bits per heavy atom. The minimum absolute atomic E-state index is 0.623. The smallest absolute Gasteiger partial charge is 0.144 e. The number of nitrogens with two attached hydrogens (primary N) is 1. The highest BCUT2D eigenvalue weighted by molar-refractivity contribution is 5.56. The van der Waals surface area contributed by atoms with Crippen LogP contribution in [0.2, 0.25) is 0 Å². The molecule has 1 heterocycles. The van der Waals surface area contributed by atoms with Gasteiger partial charge in [0.1, 0.15) is 11.9 Å². The van der Waals surface area contributed by atoms with Crippen LogP contribution in [-0.2, 0) is 0 Å². The fraction of sp³-hybridized carbons (Fsp3) is 0.455. The van der Waals surface area contributed by atoms with Gasteiger partial charge in [0.15, 0.2) is 0 Å². The van der Waals surface area contributed by atoms with Gasteiger partial charge in [-0.15, -0.1) is 0 Å². The zero-order chi connectivity index (χ0) is 11.3. The Balaban J connectivity index is 2.90. The Bertz CT molecular complexity index is 379. The Kier molecular flexibility index (Phi) is 4.07. The van der Waals surface area contributed by atoms with Gasteiger partial charge in [-0.2, -0.15) is 5.26 Å². The van der Waals surface area contributed by atoms with E-state index in [0.717, 1.165) is 24.2 Å². The number of nitrogens with zero attached hydrogens (tertiary/aromatic N) is 2. The van der Waals surface area contributed by atoms with Crippen LogP contribution in [0.15, 0.2) is 6.07 Å². The lowest BCUT2D eigenvalue weighted by Gasteiger charge is -2.09. The van der Waals surface area contributed by atoms with Crippen molar-refractivity contribution >= 4 is 5.82 Å². The van der Waals surface area contributed by atoms with Gasteiger partial charge in [-0.3, -0.25) is 0 Å². The lowest BCUT2D eigenvalue weighted by molar-refractivity contribution is 0.868. The molecule has 0 amide bonds. The molecule has 3 N–H and O–H groups in total. The maximum Gasteiger partial charge on any atom is 0.144 e. The molecule has 0 saturated carbocycles. The number of anilines is 1. The summed E-state index contributed by atoms with van der Waals surface area (Å²) in [6.07, 6.45) is 0.875. The highest BCUT2D eigenvalue weighted by atomic mass is 15.0. The molecule has 0 spiro atoms. The second-order valence-electron chi connectivity index (χ2n) is 3.48. The number of aromatic nitrogens is 1. The molecular weight excluding hydrogens is 188 g/mol. The molecule has 0 bridgehead atoms. The highest BCUT2D eigenvalue weighted by Crippen LogP contribution is 2.17. The average molecular weight is 204 g/mol. The van der Waals surface area contributed by atoms with Crippen LogP contribution in [0, 0.1) is 25.2 Å². The summed E-state index contributed by atoms with van der Waals surface area (Å²) in [6.45, 7) is 5.23. The van der Waals surface area contributed by atoms with Crippen LogP contribution in [0.3, 0.4) is 0 Å². The summed E-state index contributed by atoms with van der Waals surface area (Å²) in [6, 6.07) is 4.07. The molecule has 1 aromatic heterocycles. The van der Waals surface area contributed by atoms with Crippen LogP contribution < -0.4 is 11.1 Å². The molecule has 0 aliphatic rings. The summed E-state index contributed by atoms with van der Waals surface area (Å²) in [5.74, 6) is 0.670. The highest BCUT2D eigenvalue weighted by Gasteiger charge is 2.07. The molecule has 0 atom stereocenters.